The lowest BCUT2D eigenvalue weighted by Gasteiger charge is -2.39. The normalized spacial score (nSPS) is 13.6. The highest BCUT2D eigenvalue weighted by molar-refractivity contribution is 6.74. The molecule has 0 radical (unpaired) electrons. The SMILES string of the molecule is CCOC(=O)[C@H](CC(NC(=O)OCc1ccccc1)c1ccccc1)O[Si](C)(C)C(C)(C)C. The van der Waals surface area contributed by atoms with Gasteiger partial charge in [0.2, 0.25) is 0 Å². The van der Waals surface area contributed by atoms with E-state index in [1.165, 1.54) is 0 Å². The van der Waals surface area contributed by atoms with Crippen molar-refractivity contribution >= 4 is 20.4 Å². The van der Waals surface area contributed by atoms with Crippen LogP contribution in [0.5, 0.6) is 0 Å². The molecule has 0 aromatic heterocycles. The molecule has 1 N–H and O–H groups in total. The number of nitrogens with one attached hydrogen (secondary N) is 1. The van der Waals surface area contributed by atoms with Crippen LogP contribution in [0.4, 0.5) is 4.79 Å². The smallest absolute Gasteiger partial charge is 0.407 e. The van der Waals surface area contributed by atoms with E-state index in [0.29, 0.717) is 0 Å². The number of amides is 1. The summed E-state index contributed by atoms with van der Waals surface area (Å²) in [5.74, 6) is -0.414. The summed E-state index contributed by atoms with van der Waals surface area (Å²) in [5.41, 5.74) is 1.76. The lowest BCUT2D eigenvalue weighted by molar-refractivity contribution is -0.152. The number of alkyl carbamates (subject to hydrolysis) is 1. The first-order chi connectivity index (χ1) is 15.5. The van der Waals surface area contributed by atoms with Gasteiger partial charge in [-0.3, -0.25) is 0 Å². The van der Waals surface area contributed by atoms with Gasteiger partial charge in [-0.05, 0) is 36.2 Å². The van der Waals surface area contributed by atoms with Crippen LogP contribution in [0.3, 0.4) is 0 Å². The third-order valence-electron chi connectivity index (χ3n) is 5.95. The minimum atomic E-state index is -2.27. The minimum absolute atomic E-state index is 0.0813. The van der Waals surface area contributed by atoms with E-state index in [1.54, 1.807) is 6.92 Å². The van der Waals surface area contributed by atoms with Crippen molar-refractivity contribution in [3.05, 3.63) is 71.8 Å². The Labute approximate surface area is 198 Å². The first kappa shape index (κ1) is 26.6. The Bertz CT molecular complexity index is 881. The Morgan fingerprint density at radius 2 is 1.52 bits per heavy atom. The van der Waals surface area contributed by atoms with E-state index in [0.717, 1.165) is 11.1 Å². The Hall–Kier alpha value is -2.64. The Morgan fingerprint density at radius 3 is 2.06 bits per heavy atom. The van der Waals surface area contributed by atoms with Crippen molar-refractivity contribution in [1.29, 1.82) is 0 Å². The highest BCUT2D eigenvalue weighted by atomic mass is 28.4. The maximum absolute atomic E-state index is 12.8. The molecule has 0 bridgehead atoms. The van der Waals surface area contributed by atoms with Gasteiger partial charge in [0.15, 0.2) is 8.32 Å². The van der Waals surface area contributed by atoms with Gasteiger partial charge in [-0.1, -0.05) is 81.4 Å². The predicted molar refractivity (Wildman–Crippen MR) is 132 cm³/mol. The van der Waals surface area contributed by atoms with Crippen LogP contribution in [0.15, 0.2) is 60.7 Å². The van der Waals surface area contributed by atoms with Crippen molar-refractivity contribution in [1.82, 2.24) is 5.32 Å². The number of rotatable bonds is 10. The van der Waals surface area contributed by atoms with Gasteiger partial charge in [-0.15, -0.1) is 0 Å². The van der Waals surface area contributed by atoms with E-state index in [9.17, 15) is 9.59 Å². The maximum Gasteiger partial charge on any atom is 0.407 e. The molecular weight excluding hydrogens is 434 g/mol. The molecule has 2 aromatic carbocycles. The number of benzene rings is 2. The first-order valence-electron chi connectivity index (χ1n) is 11.4. The second-order valence-electron chi connectivity index (χ2n) is 9.52. The molecule has 2 atom stereocenters. The molecule has 0 heterocycles. The van der Waals surface area contributed by atoms with Gasteiger partial charge >= 0.3 is 12.1 Å². The topological polar surface area (TPSA) is 73.9 Å². The van der Waals surface area contributed by atoms with E-state index in [1.807, 2.05) is 60.7 Å². The molecule has 2 rings (SSSR count). The van der Waals surface area contributed by atoms with Crippen LogP contribution in [0.2, 0.25) is 18.1 Å². The molecule has 0 saturated carbocycles. The van der Waals surface area contributed by atoms with Crippen molar-refractivity contribution in [3.8, 4) is 0 Å². The van der Waals surface area contributed by atoms with Crippen LogP contribution in [-0.4, -0.2) is 33.1 Å². The van der Waals surface area contributed by atoms with Gasteiger partial charge in [-0.2, -0.15) is 0 Å². The summed E-state index contributed by atoms with van der Waals surface area (Å²) in [4.78, 5) is 25.5. The molecule has 33 heavy (non-hydrogen) atoms. The molecule has 7 heteroatoms. The zero-order chi connectivity index (χ0) is 24.5. The molecule has 0 spiro atoms. The van der Waals surface area contributed by atoms with Crippen LogP contribution >= 0.6 is 0 Å². The third-order valence-corrected chi connectivity index (χ3v) is 10.4. The second-order valence-corrected chi connectivity index (χ2v) is 14.3. The van der Waals surface area contributed by atoms with E-state index >= 15 is 0 Å². The van der Waals surface area contributed by atoms with Crippen molar-refractivity contribution in [2.24, 2.45) is 0 Å². The van der Waals surface area contributed by atoms with Crippen molar-refractivity contribution in [3.63, 3.8) is 0 Å². The van der Waals surface area contributed by atoms with Gasteiger partial charge in [0.1, 0.15) is 12.7 Å². The summed E-state index contributed by atoms with van der Waals surface area (Å²) in [7, 11) is -2.27. The van der Waals surface area contributed by atoms with Gasteiger partial charge in [0, 0.05) is 6.42 Å². The highest BCUT2D eigenvalue weighted by Gasteiger charge is 2.42. The molecule has 0 aliphatic carbocycles. The molecule has 2 aromatic rings. The highest BCUT2D eigenvalue weighted by Crippen LogP contribution is 2.38. The largest absolute Gasteiger partial charge is 0.464 e. The average molecular weight is 472 g/mol. The summed E-state index contributed by atoms with van der Waals surface area (Å²) in [6.07, 6.45) is -1.11. The van der Waals surface area contributed by atoms with Crippen molar-refractivity contribution in [2.75, 3.05) is 6.61 Å². The summed E-state index contributed by atoms with van der Waals surface area (Å²) in [5, 5.41) is 2.84. The van der Waals surface area contributed by atoms with Crippen LogP contribution in [0.25, 0.3) is 0 Å². The standard InChI is InChI=1S/C26H37NO5Si/c1-7-30-24(28)23(32-33(5,6)26(2,3)4)18-22(21-16-12-9-13-17-21)27-25(29)31-19-20-14-10-8-11-15-20/h8-17,22-23H,7,18-19H2,1-6H3,(H,27,29)/t22?,23-/m0/s1. The van der Waals surface area contributed by atoms with E-state index in [4.69, 9.17) is 13.9 Å². The van der Waals surface area contributed by atoms with Crippen LogP contribution in [0, 0.1) is 0 Å². The van der Waals surface area contributed by atoms with Gasteiger partial charge in [0.05, 0.1) is 12.6 Å². The minimum Gasteiger partial charge on any atom is -0.464 e. The molecule has 0 aliphatic heterocycles. The van der Waals surface area contributed by atoms with Gasteiger partial charge in [0.25, 0.3) is 0 Å². The Balaban J connectivity index is 2.21. The second kappa shape index (κ2) is 12.0. The van der Waals surface area contributed by atoms with E-state index in [2.05, 4.69) is 39.2 Å². The summed E-state index contributed by atoms with van der Waals surface area (Å²) >= 11 is 0. The number of carbonyl (C=O) groups is 2. The molecule has 6 nitrogen and oxygen atoms in total. The lowest BCUT2D eigenvalue weighted by Crippen LogP contribution is -2.47. The van der Waals surface area contributed by atoms with Crippen LogP contribution in [0.1, 0.15) is 51.3 Å². The third kappa shape index (κ3) is 8.33. The van der Waals surface area contributed by atoms with Crippen molar-refractivity contribution in [2.45, 2.75) is 71.0 Å². The number of ether oxygens (including phenoxy) is 2. The molecule has 1 unspecified atom stereocenters. The maximum atomic E-state index is 12.8. The molecule has 0 aliphatic rings. The van der Waals surface area contributed by atoms with Crippen LogP contribution < -0.4 is 5.32 Å². The lowest BCUT2D eigenvalue weighted by atomic mass is 10.0. The fraction of sp³-hybridized carbons (Fsp3) is 0.462. The number of hydrogen-bond acceptors (Lipinski definition) is 5. The number of carbonyl (C=O) groups excluding carboxylic acids is 2. The zero-order valence-corrected chi connectivity index (χ0v) is 21.6. The molecule has 1 amide bonds. The van der Waals surface area contributed by atoms with E-state index < -0.39 is 32.5 Å². The summed E-state index contributed by atoms with van der Waals surface area (Å²) in [6.45, 7) is 12.8. The van der Waals surface area contributed by atoms with Crippen molar-refractivity contribution < 1.29 is 23.5 Å². The van der Waals surface area contributed by atoms with E-state index in [-0.39, 0.29) is 24.7 Å². The molecule has 0 fully saturated rings. The number of hydrogen-bond donors (Lipinski definition) is 1. The van der Waals surface area contributed by atoms with Gasteiger partial charge in [-0.25, -0.2) is 9.59 Å². The fourth-order valence-electron chi connectivity index (χ4n) is 3.04. The van der Waals surface area contributed by atoms with Crippen LogP contribution in [-0.2, 0) is 25.3 Å². The summed E-state index contributed by atoms with van der Waals surface area (Å²) < 4.78 is 17.2. The fourth-order valence-corrected chi connectivity index (χ4v) is 4.30. The first-order valence-corrected chi connectivity index (χ1v) is 14.3. The number of esters is 1. The zero-order valence-electron chi connectivity index (χ0n) is 20.6. The predicted octanol–water partition coefficient (Wildman–Crippen LogP) is 6.00. The molecule has 180 valence electrons. The monoisotopic (exact) mass is 471 g/mol. The quantitative estimate of drug-likeness (QED) is 0.340. The van der Waals surface area contributed by atoms with Gasteiger partial charge < -0.3 is 19.2 Å². The Morgan fingerprint density at radius 1 is 0.939 bits per heavy atom. The Kier molecular flexibility index (Phi) is 9.67. The molecular formula is C26H37NO5Si. The summed E-state index contributed by atoms with van der Waals surface area (Å²) in [6, 6.07) is 18.5. The molecule has 0 saturated heterocycles. The average Bonchev–Trinajstić information content (AvgIpc) is 2.77.